The van der Waals surface area contributed by atoms with Gasteiger partial charge in [0.05, 0.1) is 4.90 Å². The first-order chi connectivity index (χ1) is 9.16. The van der Waals surface area contributed by atoms with Crippen LogP contribution in [0.1, 0.15) is 31.4 Å². The molecule has 0 radical (unpaired) electrons. The minimum Gasteiger partial charge on any atom is -0.389 e. The van der Waals surface area contributed by atoms with Gasteiger partial charge in [-0.3, -0.25) is 0 Å². The number of sulfonamides is 1. The zero-order chi connectivity index (χ0) is 15.5. The quantitative estimate of drug-likeness (QED) is 0.818. The van der Waals surface area contributed by atoms with Gasteiger partial charge in [-0.15, -0.1) is 0 Å². The molecule has 0 heterocycles. The number of rotatable bonds is 6. The Hall–Kier alpha value is -0.980. The van der Waals surface area contributed by atoms with E-state index in [0.717, 1.165) is 12.0 Å². The molecule has 2 N–H and O–H groups in total. The molecule has 0 saturated heterocycles. The predicted octanol–water partition coefficient (Wildman–Crippen LogP) is 2.30. The maximum absolute atomic E-state index is 12.4. The van der Waals surface area contributed by atoms with Crippen molar-refractivity contribution >= 4 is 27.2 Å². The summed E-state index contributed by atoms with van der Waals surface area (Å²) in [6, 6.07) is 4.85. The predicted molar refractivity (Wildman–Crippen MR) is 86.3 cm³/mol. The van der Waals surface area contributed by atoms with Gasteiger partial charge in [0, 0.05) is 19.2 Å². The van der Waals surface area contributed by atoms with Crippen molar-refractivity contribution in [1.29, 1.82) is 0 Å². The van der Waals surface area contributed by atoms with E-state index >= 15 is 0 Å². The molecule has 0 aliphatic carbocycles. The van der Waals surface area contributed by atoms with Crippen LogP contribution in [0.2, 0.25) is 0 Å². The SMILES string of the molecule is Cc1cc(S(=O)(=O)N(C)CCC(C)C)ccc1C(N)=S. The van der Waals surface area contributed by atoms with Crippen LogP contribution >= 0.6 is 12.2 Å². The van der Waals surface area contributed by atoms with Gasteiger partial charge in [0.25, 0.3) is 0 Å². The Kier molecular flexibility index (Phi) is 5.68. The molecule has 6 heteroatoms. The third-order valence-electron chi connectivity index (χ3n) is 3.19. The van der Waals surface area contributed by atoms with E-state index in [-0.39, 0.29) is 9.88 Å². The summed E-state index contributed by atoms with van der Waals surface area (Å²) in [5.41, 5.74) is 7.07. The summed E-state index contributed by atoms with van der Waals surface area (Å²) in [6.07, 6.45) is 0.833. The maximum Gasteiger partial charge on any atom is 0.242 e. The van der Waals surface area contributed by atoms with Crippen molar-refractivity contribution in [3.05, 3.63) is 29.3 Å². The second-order valence-corrected chi connectivity index (χ2v) is 7.83. The molecule has 4 nitrogen and oxygen atoms in total. The molecule has 0 fully saturated rings. The molecule has 0 aromatic heterocycles. The molecule has 0 aliphatic rings. The highest BCUT2D eigenvalue weighted by atomic mass is 32.2. The zero-order valence-corrected chi connectivity index (χ0v) is 14.0. The molecular weight excluding hydrogens is 292 g/mol. The van der Waals surface area contributed by atoms with E-state index in [1.165, 1.54) is 4.31 Å². The van der Waals surface area contributed by atoms with E-state index in [9.17, 15) is 8.42 Å². The van der Waals surface area contributed by atoms with Gasteiger partial charge >= 0.3 is 0 Å². The molecule has 0 atom stereocenters. The molecule has 0 unspecified atom stereocenters. The topological polar surface area (TPSA) is 63.4 Å². The third kappa shape index (κ3) is 4.01. The van der Waals surface area contributed by atoms with Crippen molar-refractivity contribution in [1.82, 2.24) is 4.31 Å². The second-order valence-electron chi connectivity index (χ2n) is 5.35. The molecule has 0 saturated carbocycles. The van der Waals surface area contributed by atoms with Crippen LogP contribution in [0.4, 0.5) is 0 Å². The minimum absolute atomic E-state index is 0.277. The number of nitrogens with two attached hydrogens (primary N) is 1. The van der Waals surface area contributed by atoms with E-state index in [1.807, 2.05) is 6.92 Å². The smallest absolute Gasteiger partial charge is 0.242 e. The Bertz CT molecular complexity index is 595. The number of hydrogen-bond acceptors (Lipinski definition) is 3. The first-order valence-electron chi connectivity index (χ1n) is 6.53. The third-order valence-corrected chi connectivity index (χ3v) is 5.27. The number of benzene rings is 1. The van der Waals surface area contributed by atoms with Crippen LogP contribution < -0.4 is 5.73 Å². The summed E-state index contributed by atoms with van der Waals surface area (Å²) in [7, 11) is -1.84. The fraction of sp³-hybridized carbons (Fsp3) is 0.500. The first-order valence-corrected chi connectivity index (χ1v) is 8.38. The lowest BCUT2D eigenvalue weighted by Crippen LogP contribution is -2.29. The maximum atomic E-state index is 12.4. The number of aryl methyl sites for hydroxylation is 1. The molecule has 0 amide bonds. The summed E-state index contributed by atoms with van der Waals surface area (Å²) >= 11 is 4.93. The summed E-state index contributed by atoms with van der Waals surface area (Å²) in [5.74, 6) is 0.464. The molecule has 1 rings (SSSR count). The van der Waals surface area contributed by atoms with Crippen molar-refractivity contribution in [2.75, 3.05) is 13.6 Å². The Morgan fingerprint density at radius 3 is 2.45 bits per heavy atom. The molecule has 112 valence electrons. The molecule has 1 aromatic carbocycles. The fourth-order valence-electron chi connectivity index (χ4n) is 1.81. The van der Waals surface area contributed by atoms with Gasteiger partial charge < -0.3 is 5.73 Å². The lowest BCUT2D eigenvalue weighted by Gasteiger charge is -2.19. The monoisotopic (exact) mass is 314 g/mol. The Morgan fingerprint density at radius 2 is 2.00 bits per heavy atom. The van der Waals surface area contributed by atoms with E-state index in [1.54, 1.807) is 25.2 Å². The highest BCUT2D eigenvalue weighted by Crippen LogP contribution is 2.19. The van der Waals surface area contributed by atoms with E-state index in [4.69, 9.17) is 18.0 Å². The standard InChI is InChI=1S/C14H22N2O2S2/c1-10(2)7-8-16(4)20(17,18)12-5-6-13(14(15)19)11(3)9-12/h5-6,9-10H,7-8H2,1-4H3,(H2,15,19). The van der Waals surface area contributed by atoms with E-state index in [0.29, 0.717) is 18.0 Å². The minimum atomic E-state index is -3.45. The van der Waals surface area contributed by atoms with Crippen LogP contribution in [0, 0.1) is 12.8 Å². The lowest BCUT2D eigenvalue weighted by atomic mass is 10.1. The summed E-state index contributed by atoms with van der Waals surface area (Å²) in [5, 5.41) is 0. The van der Waals surface area contributed by atoms with E-state index < -0.39 is 10.0 Å². The fourth-order valence-corrected chi connectivity index (χ4v) is 3.31. The largest absolute Gasteiger partial charge is 0.389 e. The van der Waals surface area contributed by atoms with Crippen molar-refractivity contribution in [3.8, 4) is 0 Å². The van der Waals surface area contributed by atoms with Gasteiger partial charge in [-0.05, 0) is 37.0 Å². The number of nitrogens with zero attached hydrogens (tertiary/aromatic N) is 1. The molecular formula is C14H22N2O2S2. The van der Waals surface area contributed by atoms with Crippen LogP contribution in [0.15, 0.2) is 23.1 Å². The summed E-state index contributed by atoms with van der Waals surface area (Å²) in [6.45, 7) is 6.46. The normalized spacial score (nSPS) is 12.1. The molecule has 20 heavy (non-hydrogen) atoms. The van der Waals surface area contributed by atoms with Crippen LogP contribution in [0.25, 0.3) is 0 Å². The molecule has 0 bridgehead atoms. The average Bonchev–Trinajstić information content (AvgIpc) is 2.34. The van der Waals surface area contributed by atoms with Gasteiger partial charge in [-0.1, -0.05) is 32.1 Å². The zero-order valence-electron chi connectivity index (χ0n) is 12.4. The summed E-state index contributed by atoms with van der Waals surface area (Å²) < 4.78 is 26.3. The van der Waals surface area contributed by atoms with Crippen LogP contribution in [0.3, 0.4) is 0 Å². The van der Waals surface area contributed by atoms with Gasteiger partial charge in [0.2, 0.25) is 10.0 Å². The molecule has 0 aliphatic heterocycles. The van der Waals surface area contributed by atoms with Gasteiger partial charge in [0.15, 0.2) is 0 Å². The first kappa shape index (κ1) is 17.1. The Balaban J connectivity index is 3.04. The molecule has 0 spiro atoms. The van der Waals surface area contributed by atoms with Crippen molar-refractivity contribution in [2.24, 2.45) is 11.7 Å². The lowest BCUT2D eigenvalue weighted by molar-refractivity contribution is 0.428. The average molecular weight is 314 g/mol. The number of hydrogen-bond donors (Lipinski definition) is 1. The summed E-state index contributed by atoms with van der Waals surface area (Å²) in [4.78, 5) is 0.556. The van der Waals surface area contributed by atoms with Crippen LogP contribution in [-0.2, 0) is 10.0 Å². The van der Waals surface area contributed by atoms with Crippen LogP contribution in [0.5, 0.6) is 0 Å². The van der Waals surface area contributed by atoms with Crippen molar-refractivity contribution < 1.29 is 8.42 Å². The van der Waals surface area contributed by atoms with Gasteiger partial charge in [-0.2, -0.15) is 0 Å². The highest BCUT2D eigenvalue weighted by Gasteiger charge is 2.21. The van der Waals surface area contributed by atoms with Crippen molar-refractivity contribution in [2.45, 2.75) is 32.1 Å². The van der Waals surface area contributed by atoms with Gasteiger partial charge in [-0.25, -0.2) is 12.7 Å². The van der Waals surface area contributed by atoms with E-state index in [2.05, 4.69) is 13.8 Å². The van der Waals surface area contributed by atoms with Crippen molar-refractivity contribution in [3.63, 3.8) is 0 Å². The highest BCUT2D eigenvalue weighted by molar-refractivity contribution is 7.89. The second kappa shape index (κ2) is 6.65. The van der Waals surface area contributed by atoms with Crippen LogP contribution in [-0.4, -0.2) is 31.3 Å². The number of thiocarbonyl (C=S) groups is 1. The molecule has 1 aromatic rings. The Morgan fingerprint density at radius 1 is 1.40 bits per heavy atom. The van der Waals surface area contributed by atoms with Gasteiger partial charge in [0.1, 0.15) is 4.99 Å². The Labute approximate surface area is 127 Å².